The third-order valence-corrected chi connectivity index (χ3v) is 7.90. The zero-order valence-electron chi connectivity index (χ0n) is 21.5. The molecule has 37 heavy (non-hydrogen) atoms. The molecule has 6 heteroatoms. The SMILES string of the molecule is CCCOc1ccc([C@H]2C(C(=O)OC3CCCC3)=C(C)NC3=C2C(=O)C[C@@H](c2ccc(Cl)cc2)C3)cc1. The van der Waals surface area contributed by atoms with E-state index >= 15 is 0 Å². The van der Waals surface area contributed by atoms with Crippen molar-refractivity contribution in [3.05, 3.63) is 87.2 Å². The number of hydrogen-bond acceptors (Lipinski definition) is 5. The summed E-state index contributed by atoms with van der Waals surface area (Å²) in [5.41, 5.74) is 4.84. The van der Waals surface area contributed by atoms with Crippen molar-refractivity contribution in [1.29, 1.82) is 0 Å². The Morgan fingerprint density at radius 3 is 2.35 bits per heavy atom. The summed E-state index contributed by atoms with van der Waals surface area (Å²) in [5.74, 6) is 0.101. The summed E-state index contributed by atoms with van der Waals surface area (Å²) in [7, 11) is 0. The minimum atomic E-state index is -0.468. The normalized spacial score (nSPS) is 22.1. The molecule has 1 aliphatic heterocycles. The van der Waals surface area contributed by atoms with Gasteiger partial charge in [0.1, 0.15) is 11.9 Å². The van der Waals surface area contributed by atoms with Gasteiger partial charge in [0, 0.05) is 34.3 Å². The van der Waals surface area contributed by atoms with Crippen LogP contribution in [-0.2, 0) is 14.3 Å². The lowest BCUT2D eigenvalue weighted by molar-refractivity contribution is -0.144. The van der Waals surface area contributed by atoms with E-state index in [1.165, 1.54) is 0 Å². The van der Waals surface area contributed by atoms with E-state index < -0.39 is 5.92 Å². The number of ketones is 1. The van der Waals surface area contributed by atoms with E-state index in [4.69, 9.17) is 21.1 Å². The Balaban J connectivity index is 1.51. The van der Waals surface area contributed by atoms with E-state index in [2.05, 4.69) is 12.2 Å². The lowest BCUT2D eigenvalue weighted by atomic mass is 9.71. The van der Waals surface area contributed by atoms with Gasteiger partial charge in [0.15, 0.2) is 5.78 Å². The monoisotopic (exact) mass is 519 g/mol. The topological polar surface area (TPSA) is 64.6 Å². The highest BCUT2D eigenvalue weighted by Crippen LogP contribution is 2.46. The van der Waals surface area contributed by atoms with E-state index in [0.717, 1.165) is 60.4 Å². The van der Waals surface area contributed by atoms with Crippen molar-refractivity contribution in [1.82, 2.24) is 5.32 Å². The second-order valence-corrected chi connectivity index (χ2v) is 10.7. The Bertz CT molecular complexity index is 1220. The number of Topliss-reactive ketones (excluding diaryl/α,β-unsaturated/α-hetero) is 1. The van der Waals surface area contributed by atoms with Crippen LogP contribution < -0.4 is 10.1 Å². The standard InChI is InChI=1S/C31H34ClNO4/c1-3-16-36-24-14-10-21(11-15-24)29-28(31(35)37-25-6-4-5-7-25)19(2)33-26-17-22(18-27(34)30(26)29)20-8-12-23(32)13-9-20/h8-15,22,25,29,33H,3-7,16-18H2,1-2H3/t22-,29-/m0/s1. The number of halogens is 1. The lowest BCUT2D eigenvalue weighted by Crippen LogP contribution is -2.36. The van der Waals surface area contributed by atoms with Crippen molar-refractivity contribution in [3.8, 4) is 5.75 Å². The van der Waals surface area contributed by atoms with E-state index in [-0.39, 0.29) is 23.8 Å². The number of benzene rings is 2. The fraction of sp³-hybridized carbons (Fsp3) is 0.419. The molecule has 1 fully saturated rings. The van der Waals surface area contributed by atoms with Gasteiger partial charge in [0.2, 0.25) is 0 Å². The maximum Gasteiger partial charge on any atom is 0.337 e. The molecule has 2 aliphatic carbocycles. The smallest absolute Gasteiger partial charge is 0.337 e. The number of dihydropyridines is 1. The summed E-state index contributed by atoms with van der Waals surface area (Å²) in [6, 6.07) is 15.5. The third-order valence-electron chi connectivity index (χ3n) is 7.65. The molecule has 5 rings (SSSR count). The van der Waals surface area contributed by atoms with Crippen LogP contribution in [0, 0.1) is 0 Å². The van der Waals surface area contributed by atoms with Gasteiger partial charge in [-0.2, -0.15) is 0 Å². The summed E-state index contributed by atoms with van der Waals surface area (Å²) in [4.78, 5) is 27.3. The molecular formula is C31H34ClNO4. The highest BCUT2D eigenvalue weighted by molar-refractivity contribution is 6.30. The fourth-order valence-corrected chi connectivity index (χ4v) is 5.94. The largest absolute Gasteiger partial charge is 0.494 e. The van der Waals surface area contributed by atoms with Gasteiger partial charge in [-0.15, -0.1) is 0 Å². The van der Waals surface area contributed by atoms with Crippen LogP contribution in [0.5, 0.6) is 5.75 Å². The summed E-state index contributed by atoms with van der Waals surface area (Å²) in [5, 5.41) is 4.12. The molecule has 0 amide bonds. The Morgan fingerprint density at radius 2 is 1.68 bits per heavy atom. The van der Waals surface area contributed by atoms with Crippen LogP contribution in [-0.4, -0.2) is 24.5 Å². The van der Waals surface area contributed by atoms with E-state index in [1.807, 2.05) is 55.5 Å². The highest BCUT2D eigenvalue weighted by Gasteiger charge is 2.42. The summed E-state index contributed by atoms with van der Waals surface area (Å²) >= 11 is 6.09. The molecule has 5 nitrogen and oxygen atoms in total. The van der Waals surface area contributed by atoms with Crippen LogP contribution >= 0.6 is 11.6 Å². The van der Waals surface area contributed by atoms with Crippen LogP contribution in [0.2, 0.25) is 5.02 Å². The Hall–Kier alpha value is -3.05. The molecule has 2 aromatic carbocycles. The van der Waals surface area contributed by atoms with E-state index in [0.29, 0.717) is 35.6 Å². The summed E-state index contributed by atoms with van der Waals surface area (Å²) < 4.78 is 11.7. The number of hydrogen-bond donors (Lipinski definition) is 1. The molecule has 0 aromatic heterocycles. The Labute approximate surface area is 223 Å². The van der Waals surface area contributed by atoms with E-state index in [1.54, 1.807) is 0 Å². The van der Waals surface area contributed by atoms with Gasteiger partial charge in [0.05, 0.1) is 12.2 Å². The second kappa shape index (κ2) is 11.1. The average molecular weight is 520 g/mol. The van der Waals surface area contributed by atoms with Crippen LogP contribution in [0.25, 0.3) is 0 Å². The molecule has 0 spiro atoms. The first-order valence-electron chi connectivity index (χ1n) is 13.4. The van der Waals surface area contributed by atoms with Gasteiger partial charge in [-0.3, -0.25) is 4.79 Å². The molecule has 0 bridgehead atoms. The number of nitrogens with one attached hydrogen (secondary N) is 1. The van der Waals surface area contributed by atoms with Gasteiger partial charge >= 0.3 is 5.97 Å². The van der Waals surface area contributed by atoms with Crippen LogP contribution in [0.4, 0.5) is 0 Å². The molecule has 194 valence electrons. The minimum absolute atomic E-state index is 0.0509. The Kier molecular flexibility index (Phi) is 7.71. The quantitative estimate of drug-likeness (QED) is 0.400. The molecule has 2 atom stereocenters. The third kappa shape index (κ3) is 5.47. The first-order chi connectivity index (χ1) is 17.9. The molecule has 1 saturated carbocycles. The Morgan fingerprint density at radius 1 is 1.00 bits per heavy atom. The van der Waals surface area contributed by atoms with Crippen LogP contribution in [0.15, 0.2) is 71.1 Å². The van der Waals surface area contributed by atoms with Crippen molar-refractivity contribution in [2.24, 2.45) is 0 Å². The molecule has 1 heterocycles. The van der Waals surface area contributed by atoms with Gasteiger partial charge in [0.25, 0.3) is 0 Å². The fourth-order valence-electron chi connectivity index (χ4n) is 5.81. The zero-order chi connectivity index (χ0) is 25.9. The molecule has 3 aliphatic rings. The number of esters is 1. The van der Waals surface area contributed by atoms with Crippen molar-refractivity contribution in [2.45, 2.75) is 76.7 Å². The molecular weight excluding hydrogens is 486 g/mol. The van der Waals surface area contributed by atoms with Crippen molar-refractivity contribution in [3.63, 3.8) is 0 Å². The highest BCUT2D eigenvalue weighted by atomic mass is 35.5. The predicted octanol–water partition coefficient (Wildman–Crippen LogP) is 6.98. The molecule has 0 radical (unpaired) electrons. The first-order valence-corrected chi connectivity index (χ1v) is 13.8. The van der Waals surface area contributed by atoms with Crippen LogP contribution in [0.1, 0.15) is 81.8 Å². The maximum absolute atomic E-state index is 13.8. The molecule has 1 N–H and O–H groups in total. The maximum atomic E-state index is 13.8. The predicted molar refractivity (Wildman–Crippen MR) is 145 cm³/mol. The number of carbonyl (C=O) groups excluding carboxylic acids is 2. The zero-order valence-corrected chi connectivity index (χ0v) is 22.3. The first kappa shape index (κ1) is 25.6. The van der Waals surface area contributed by atoms with Gasteiger partial charge in [-0.1, -0.05) is 42.8 Å². The average Bonchev–Trinajstić information content (AvgIpc) is 3.40. The van der Waals surface area contributed by atoms with Gasteiger partial charge < -0.3 is 14.8 Å². The van der Waals surface area contributed by atoms with Gasteiger partial charge in [-0.05, 0) is 86.8 Å². The number of allylic oxidation sites excluding steroid dienone is 3. The van der Waals surface area contributed by atoms with Gasteiger partial charge in [-0.25, -0.2) is 4.79 Å². The van der Waals surface area contributed by atoms with Crippen molar-refractivity contribution < 1.29 is 19.1 Å². The summed E-state index contributed by atoms with van der Waals surface area (Å²) in [6.45, 7) is 4.63. The van der Waals surface area contributed by atoms with E-state index in [9.17, 15) is 9.59 Å². The number of carbonyl (C=O) groups is 2. The lowest BCUT2D eigenvalue weighted by Gasteiger charge is -2.37. The number of rotatable bonds is 7. The van der Waals surface area contributed by atoms with Crippen LogP contribution in [0.3, 0.4) is 0 Å². The van der Waals surface area contributed by atoms with Crippen molar-refractivity contribution in [2.75, 3.05) is 6.61 Å². The summed E-state index contributed by atoms with van der Waals surface area (Å²) in [6.07, 6.45) is 5.91. The second-order valence-electron chi connectivity index (χ2n) is 10.3. The molecule has 2 aromatic rings. The van der Waals surface area contributed by atoms with Crippen molar-refractivity contribution >= 4 is 23.4 Å². The minimum Gasteiger partial charge on any atom is -0.494 e. The molecule has 0 unspecified atom stereocenters. The molecule has 0 saturated heterocycles. The number of ether oxygens (including phenoxy) is 2.